The SMILES string of the molecule is CNC1(C)CCN(c2ncc(OC)cn2)CC1. The van der Waals surface area contributed by atoms with Gasteiger partial charge in [-0.2, -0.15) is 0 Å². The summed E-state index contributed by atoms with van der Waals surface area (Å²) in [6.07, 6.45) is 5.65. The molecule has 0 atom stereocenters. The normalized spacial score (nSPS) is 19.1. The highest BCUT2D eigenvalue weighted by Crippen LogP contribution is 2.23. The first-order valence-electron chi connectivity index (χ1n) is 5.97. The van der Waals surface area contributed by atoms with Gasteiger partial charge in [0.2, 0.25) is 5.95 Å². The Morgan fingerprint density at radius 2 is 1.88 bits per heavy atom. The molecule has 0 spiro atoms. The molecule has 0 radical (unpaired) electrons. The van der Waals surface area contributed by atoms with E-state index in [1.807, 2.05) is 7.05 Å². The lowest BCUT2D eigenvalue weighted by Crippen LogP contribution is -2.50. The van der Waals surface area contributed by atoms with Gasteiger partial charge in [-0.25, -0.2) is 9.97 Å². The van der Waals surface area contributed by atoms with Crippen molar-refractivity contribution in [3.8, 4) is 5.75 Å². The first-order chi connectivity index (χ1) is 8.17. The molecule has 2 heterocycles. The maximum absolute atomic E-state index is 5.05. The number of rotatable bonds is 3. The van der Waals surface area contributed by atoms with Gasteiger partial charge in [-0.05, 0) is 26.8 Å². The van der Waals surface area contributed by atoms with E-state index in [4.69, 9.17) is 4.74 Å². The van der Waals surface area contributed by atoms with Gasteiger partial charge in [-0.3, -0.25) is 0 Å². The molecule has 17 heavy (non-hydrogen) atoms. The largest absolute Gasteiger partial charge is 0.494 e. The summed E-state index contributed by atoms with van der Waals surface area (Å²) in [6.45, 7) is 4.24. The van der Waals surface area contributed by atoms with Gasteiger partial charge < -0.3 is 15.0 Å². The molecular weight excluding hydrogens is 216 g/mol. The van der Waals surface area contributed by atoms with E-state index in [0.717, 1.165) is 31.9 Å². The Bertz CT molecular complexity index is 357. The van der Waals surface area contributed by atoms with E-state index in [1.54, 1.807) is 19.5 Å². The average Bonchev–Trinajstić information content (AvgIpc) is 2.40. The molecule has 1 aliphatic rings. The van der Waals surface area contributed by atoms with Crippen molar-refractivity contribution in [2.75, 3.05) is 32.1 Å². The molecule has 0 saturated carbocycles. The number of ether oxygens (including phenoxy) is 1. The molecular formula is C12H20N4O. The number of hydrogen-bond acceptors (Lipinski definition) is 5. The van der Waals surface area contributed by atoms with Crippen LogP contribution in [-0.4, -0.2) is 42.8 Å². The summed E-state index contributed by atoms with van der Waals surface area (Å²) >= 11 is 0. The van der Waals surface area contributed by atoms with Crippen molar-refractivity contribution in [3.05, 3.63) is 12.4 Å². The standard InChI is InChI=1S/C12H20N4O/c1-12(13-2)4-6-16(7-5-12)11-14-8-10(17-3)9-15-11/h8-9,13H,4-7H2,1-3H3. The summed E-state index contributed by atoms with van der Waals surface area (Å²) < 4.78 is 5.05. The zero-order chi connectivity index (χ0) is 12.3. The maximum atomic E-state index is 5.05. The predicted octanol–water partition coefficient (Wildman–Crippen LogP) is 1.06. The molecule has 0 aliphatic carbocycles. The lowest BCUT2D eigenvalue weighted by atomic mass is 9.90. The Labute approximate surface area is 102 Å². The van der Waals surface area contributed by atoms with E-state index >= 15 is 0 Å². The third-order valence-electron chi connectivity index (χ3n) is 3.60. The van der Waals surface area contributed by atoms with Crippen LogP contribution in [-0.2, 0) is 0 Å². The van der Waals surface area contributed by atoms with Gasteiger partial charge in [0, 0.05) is 18.6 Å². The summed E-state index contributed by atoms with van der Waals surface area (Å²) in [5, 5.41) is 3.38. The fraction of sp³-hybridized carbons (Fsp3) is 0.667. The molecule has 1 N–H and O–H groups in total. The summed E-state index contributed by atoms with van der Waals surface area (Å²) in [5.41, 5.74) is 0.253. The van der Waals surface area contributed by atoms with E-state index in [9.17, 15) is 0 Å². The number of anilines is 1. The van der Waals surface area contributed by atoms with Crippen molar-refractivity contribution in [2.45, 2.75) is 25.3 Å². The van der Waals surface area contributed by atoms with Crippen molar-refractivity contribution in [2.24, 2.45) is 0 Å². The monoisotopic (exact) mass is 236 g/mol. The van der Waals surface area contributed by atoms with Crippen molar-refractivity contribution in [1.82, 2.24) is 15.3 Å². The van der Waals surface area contributed by atoms with Crippen molar-refractivity contribution >= 4 is 5.95 Å². The number of piperidine rings is 1. The second-order valence-corrected chi connectivity index (χ2v) is 4.72. The molecule has 5 nitrogen and oxygen atoms in total. The fourth-order valence-electron chi connectivity index (χ4n) is 2.03. The molecule has 1 fully saturated rings. The second-order valence-electron chi connectivity index (χ2n) is 4.72. The quantitative estimate of drug-likeness (QED) is 0.850. The molecule has 1 aromatic rings. The molecule has 5 heteroatoms. The number of nitrogens with zero attached hydrogens (tertiary/aromatic N) is 3. The second kappa shape index (κ2) is 4.87. The Morgan fingerprint density at radius 1 is 1.29 bits per heavy atom. The lowest BCUT2D eigenvalue weighted by Gasteiger charge is -2.39. The van der Waals surface area contributed by atoms with Crippen LogP contribution < -0.4 is 15.0 Å². The number of hydrogen-bond donors (Lipinski definition) is 1. The van der Waals surface area contributed by atoms with Crippen LogP contribution in [0, 0.1) is 0 Å². The van der Waals surface area contributed by atoms with Gasteiger partial charge in [0.15, 0.2) is 5.75 Å². The van der Waals surface area contributed by atoms with Gasteiger partial charge in [0.1, 0.15) is 0 Å². The molecule has 0 bridgehead atoms. The van der Waals surface area contributed by atoms with Crippen molar-refractivity contribution in [1.29, 1.82) is 0 Å². The summed E-state index contributed by atoms with van der Waals surface area (Å²) in [7, 11) is 3.65. The average molecular weight is 236 g/mol. The highest BCUT2D eigenvalue weighted by molar-refractivity contribution is 5.32. The predicted molar refractivity (Wildman–Crippen MR) is 67.5 cm³/mol. The minimum absolute atomic E-state index is 0.253. The Kier molecular flexibility index (Phi) is 3.47. The zero-order valence-corrected chi connectivity index (χ0v) is 10.7. The molecule has 0 unspecified atom stereocenters. The highest BCUT2D eigenvalue weighted by Gasteiger charge is 2.29. The van der Waals surface area contributed by atoms with E-state index < -0.39 is 0 Å². The summed E-state index contributed by atoms with van der Waals surface area (Å²) in [5.74, 6) is 1.50. The minimum atomic E-state index is 0.253. The number of methoxy groups -OCH3 is 1. The molecule has 1 saturated heterocycles. The smallest absolute Gasteiger partial charge is 0.225 e. The Balaban J connectivity index is 2.00. The van der Waals surface area contributed by atoms with Crippen LogP contribution in [0.3, 0.4) is 0 Å². The van der Waals surface area contributed by atoms with Crippen LogP contribution in [0.25, 0.3) is 0 Å². The molecule has 1 aliphatic heterocycles. The molecule has 1 aromatic heterocycles. The van der Waals surface area contributed by atoms with Gasteiger partial charge in [0.05, 0.1) is 19.5 Å². The van der Waals surface area contributed by atoms with Crippen LogP contribution in [0.5, 0.6) is 5.75 Å². The van der Waals surface area contributed by atoms with Gasteiger partial charge in [0.25, 0.3) is 0 Å². The van der Waals surface area contributed by atoms with Crippen LogP contribution in [0.4, 0.5) is 5.95 Å². The van der Waals surface area contributed by atoms with E-state index in [0.29, 0.717) is 5.75 Å². The minimum Gasteiger partial charge on any atom is -0.494 e. The zero-order valence-electron chi connectivity index (χ0n) is 10.7. The molecule has 0 amide bonds. The third-order valence-corrected chi connectivity index (χ3v) is 3.60. The van der Waals surface area contributed by atoms with Crippen LogP contribution >= 0.6 is 0 Å². The maximum Gasteiger partial charge on any atom is 0.225 e. The van der Waals surface area contributed by atoms with E-state index in [1.165, 1.54) is 0 Å². The Hall–Kier alpha value is -1.36. The number of aromatic nitrogens is 2. The lowest BCUT2D eigenvalue weighted by molar-refractivity contribution is 0.303. The fourth-order valence-corrected chi connectivity index (χ4v) is 2.03. The van der Waals surface area contributed by atoms with Crippen molar-refractivity contribution < 1.29 is 4.74 Å². The van der Waals surface area contributed by atoms with Gasteiger partial charge in [-0.1, -0.05) is 0 Å². The van der Waals surface area contributed by atoms with Crippen molar-refractivity contribution in [3.63, 3.8) is 0 Å². The van der Waals surface area contributed by atoms with E-state index in [-0.39, 0.29) is 5.54 Å². The summed E-state index contributed by atoms with van der Waals surface area (Å²) in [6, 6.07) is 0. The van der Waals surface area contributed by atoms with Gasteiger partial charge in [-0.15, -0.1) is 0 Å². The first-order valence-corrected chi connectivity index (χ1v) is 5.97. The van der Waals surface area contributed by atoms with Gasteiger partial charge >= 0.3 is 0 Å². The summed E-state index contributed by atoms with van der Waals surface area (Å²) in [4.78, 5) is 10.9. The topological polar surface area (TPSA) is 50.3 Å². The number of nitrogens with one attached hydrogen (secondary N) is 1. The molecule has 0 aromatic carbocycles. The van der Waals surface area contributed by atoms with Crippen LogP contribution in [0.15, 0.2) is 12.4 Å². The third kappa shape index (κ3) is 2.66. The first kappa shape index (κ1) is 12.1. The Morgan fingerprint density at radius 3 is 2.35 bits per heavy atom. The van der Waals surface area contributed by atoms with E-state index in [2.05, 4.69) is 27.1 Å². The molecule has 94 valence electrons. The van der Waals surface area contributed by atoms with Crippen LogP contribution in [0.1, 0.15) is 19.8 Å². The molecule has 2 rings (SSSR count). The van der Waals surface area contributed by atoms with Crippen LogP contribution in [0.2, 0.25) is 0 Å². The highest BCUT2D eigenvalue weighted by atomic mass is 16.5.